The quantitative estimate of drug-likeness (QED) is 0.398. The number of esters is 1. The standard InChI is InChI=1S/C14H22N2O5S/c1-5-16(6-2)14(20)11(15-10(3)17)9-22-13(19)8-7-12(18)21-4/h7-8,10,17H,5-6,9H2,1-4H3/b8-7+,15-11?. The summed E-state index contributed by atoms with van der Waals surface area (Å²) >= 11 is 0.823. The Bertz CT molecular complexity index is 456. The topological polar surface area (TPSA) is 96.3 Å². The molecule has 0 aromatic rings. The van der Waals surface area contributed by atoms with Gasteiger partial charge in [-0.2, -0.15) is 0 Å². The first kappa shape index (κ1) is 20.3. The van der Waals surface area contributed by atoms with E-state index in [1.54, 1.807) is 4.90 Å². The van der Waals surface area contributed by atoms with Gasteiger partial charge in [-0.1, -0.05) is 11.8 Å². The van der Waals surface area contributed by atoms with Gasteiger partial charge in [-0.25, -0.2) is 4.79 Å². The van der Waals surface area contributed by atoms with Crippen molar-refractivity contribution < 1.29 is 24.2 Å². The second-order valence-electron chi connectivity index (χ2n) is 4.15. The van der Waals surface area contributed by atoms with Crippen LogP contribution in [0.2, 0.25) is 0 Å². The fourth-order valence-corrected chi connectivity index (χ4v) is 2.11. The van der Waals surface area contributed by atoms with Crippen LogP contribution in [0.15, 0.2) is 17.1 Å². The van der Waals surface area contributed by atoms with E-state index < -0.39 is 17.3 Å². The number of carbonyl (C=O) groups is 3. The van der Waals surface area contributed by atoms with Crippen molar-refractivity contribution in [2.24, 2.45) is 4.99 Å². The summed E-state index contributed by atoms with van der Waals surface area (Å²) in [5, 5.41) is 8.94. The number of aliphatic imine (C=N–C) groups is 1. The summed E-state index contributed by atoms with van der Waals surface area (Å²) in [6.45, 7) is 6.11. The number of aliphatic hydroxyl groups excluding tert-OH is 1. The van der Waals surface area contributed by atoms with Crippen LogP contribution < -0.4 is 0 Å². The Kier molecular flexibility index (Phi) is 10.1. The van der Waals surface area contributed by atoms with Crippen molar-refractivity contribution in [3.05, 3.63) is 12.2 Å². The summed E-state index contributed by atoms with van der Waals surface area (Å²) < 4.78 is 4.37. The molecule has 0 aliphatic rings. The molecule has 0 aromatic carbocycles. The number of ether oxygens (including phenoxy) is 1. The first-order chi connectivity index (χ1) is 10.3. The molecule has 0 saturated heterocycles. The van der Waals surface area contributed by atoms with Crippen molar-refractivity contribution in [1.29, 1.82) is 0 Å². The number of hydrogen-bond donors (Lipinski definition) is 1. The highest BCUT2D eigenvalue weighted by Gasteiger charge is 2.19. The van der Waals surface area contributed by atoms with Crippen LogP contribution in [0.4, 0.5) is 0 Å². The van der Waals surface area contributed by atoms with Gasteiger partial charge in [0.15, 0.2) is 0 Å². The molecule has 0 rings (SSSR count). The van der Waals surface area contributed by atoms with E-state index in [9.17, 15) is 19.5 Å². The van der Waals surface area contributed by atoms with Gasteiger partial charge < -0.3 is 14.7 Å². The SMILES string of the molecule is CCN(CC)C(=O)C(CSC(=O)/C=C/C(=O)OC)=NC(C)O. The number of nitrogens with zero attached hydrogens (tertiary/aromatic N) is 2. The summed E-state index contributed by atoms with van der Waals surface area (Å²) in [5.74, 6) is -0.931. The molecule has 0 heterocycles. The molecule has 124 valence electrons. The third-order valence-electron chi connectivity index (χ3n) is 2.55. The van der Waals surface area contributed by atoms with E-state index in [0.717, 1.165) is 23.9 Å². The maximum Gasteiger partial charge on any atom is 0.330 e. The van der Waals surface area contributed by atoms with E-state index in [-0.39, 0.29) is 17.4 Å². The van der Waals surface area contributed by atoms with Gasteiger partial charge in [-0.15, -0.1) is 0 Å². The first-order valence-electron chi connectivity index (χ1n) is 6.82. The lowest BCUT2D eigenvalue weighted by Gasteiger charge is -2.19. The minimum Gasteiger partial charge on any atom is -0.466 e. The normalized spacial score (nSPS) is 13.0. The molecule has 22 heavy (non-hydrogen) atoms. The summed E-state index contributed by atoms with van der Waals surface area (Å²) in [6.07, 6.45) is 1.04. The monoisotopic (exact) mass is 330 g/mol. The highest BCUT2D eigenvalue weighted by Crippen LogP contribution is 2.07. The summed E-state index contributed by atoms with van der Waals surface area (Å²) in [7, 11) is 1.21. The first-order valence-corrected chi connectivity index (χ1v) is 7.81. The van der Waals surface area contributed by atoms with E-state index in [4.69, 9.17) is 0 Å². The molecule has 1 unspecified atom stereocenters. The Hall–Kier alpha value is -1.67. The number of amides is 1. The number of methoxy groups -OCH3 is 1. The van der Waals surface area contributed by atoms with Crippen molar-refractivity contribution in [2.45, 2.75) is 27.0 Å². The van der Waals surface area contributed by atoms with Crippen LogP contribution in [0, 0.1) is 0 Å². The predicted molar refractivity (Wildman–Crippen MR) is 85.7 cm³/mol. The average Bonchev–Trinajstić information content (AvgIpc) is 2.49. The van der Waals surface area contributed by atoms with Gasteiger partial charge in [-0.3, -0.25) is 14.6 Å². The van der Waals surface area contributed by atoms with E-state index in [1.165, 1.54) is 14.0 Å². The minimum absolute atomic E-state index is 0.0184. The molecule has 1 atom stereocenters. The fourth-order valence-electron chi connectivity index (χ4n) is 1.46. The maximum atomic E-state index is 12.2. The Morgan fingerprint density at radius 1 is 1.27 bits per heavy atom. The minimum atomic E-state index is -1.03. The molecule has 0 radical (unpaired) electrons. The molecule has 0 aromatic heterocycles. The van der Waals surface area contributed by atoms with Crippen molar-refractivity contribution >= 4 is 34.5 Å². The highest BCUT2D eigenvalue weighted by molar-refractivity contribution is 8.14. The van der Waals surface area contributed by atoms with Gasteiger partial charge in [0.1, 0.15) is 11.9 Å². The van der Waals surface area contributed by atoms with Gasteiger partial charge in [-0.05, 0) is 26.8 Å². The van der Waals surface area contributed by atoms with E-state index in [0.29, 0.717) is 13.1 Å². The third kappa shape index (κ3) is 7.94. The zero-order valence-electron chi connectivity index (χ0n) is 13.2. The van der Waals surface area contributed by atoms with Crippen molar-refractivity contribution in [3.8, 4) is 0 Å². The van der Waals surface area contributed by atoms with Crippen LogP contribution in [0.25, 0.3) is 0 Å². The number of carbonyl (C=O) groups excluding carboxylic acids is 3. The van der Waals surface area contributed by atoms with Gasteiger partial charge in [0, 0.05) is 24.9 Å². The molecular weight excluding hydrogens is 308 g/mol. The summed E-state index contributed by atoms with van der Waals surface area (Å²) in [5.41, 5.74) is 0.114. The Morgan fingerprint density at radius 2 is 1.86 bits per heavy atom. The summed E-state index contributed by atoms with van der Waals surface area (Å²) in [4.78, 5) is 40.2. The smallest absolute Gasteiger partial charge is 0.330 e. The lowest BCUT2D eigenvalue weighted by Crippen LogP contribution is -2.38. The molecule has 0 saturated carbocycles. The Labute approximate surface area is 134 Å². The van der Waals surface area contributed by atoms with Crippen LogP contribution in [0.3, 0.4) is 0 Å². The predicted octanol–water partition coefficient (Wildman–Crippen LogP) is 0.623. The van der Waals surface area contributed by atoms with Crippen LogP contribution in [0.1, 0.15) is 20.8 Å². The lowest BCUT2D eigenvalue weighted by atomic mass is 10.3. The average molecular weight is 330 g/mol. The number of aliphatic hydroxyl groups is 1. The van der Waals surface area contributed by atoms with Crippen LogP contribution >= 0.6 is 11.8 Å². The van der Waals surface area contributed by atoms with Crippen LogP contribution in [-0.4, -0.2) is 64.9 Å². The third-order valence-corrected chi connectivity index (χ3v) is 3.39. The van der Waals surface area contributed by atoms with Gasteiger partial charge >= 0.3 is 5.97 Å². The zero-order valence-corrected chi connectivity index (χ0v) is 14.1. The lowest BCUT2D eigenvalue weighted by molar-refractivity contribution is -0.135. The van der Waals surface area contributed by atoms with Crippen molar-refractivity contribution in [3.63, 3.8) is 0 Å². The molecule has 1 N–H and O–H groups in total. The molecule has 0 bridgehead atoms. The molecule has 0 fully saturated rings. The Morgan fingerprint density at radius 3 is 2.32 bits per heavy atom. The van der Waals surface area contributed by atoms with Gasteiger partial charge in [0.2, 0.25) is 5.12 Å². The number of hydrogen-bond acceptors (Lipinski definition) is 7. The van der Waals surface area contributed by atoms with E-state index >= 15 is 0 Å². The molecular formula is C14H22N2O5S. The number of rotatable bonds is 8. The largest absolute Gasteiger partial charge is 0.466 e. The zero-order chi connectivity index (χ0) is 17.1. The maximum absolute atomic E-state index is 12.2. The number of thioether (sulfide) groups is 1. The molecule has 0 aliphatic carbocycles. The Balaban J connectivity index is 4.82. The van der Waals surface area contributed by atoms with Crippen molar-refractivity contribution in [2.75, 3.05) is 26.0 Å². The molecule has 1 amide bonds. The van der Waals surface area contributed by atoms with Crippen molar-refractivity contribution in [1.82, 2.24) is 4.90 Å². The summed E-state index contributed by atoms with van der Waals surface area (Å²) in [6, 6.07) is 0. The molecule has 0 spiro atoms. The van der Waals surface area contributed by atoms with Gasteiger partial charge in [0.05, 0.1) is 7.11 Å². The second kappa shape index (κ2) is 11.0. The highest BCUT2D eigenvalue weighted by atomic mass is 32.2. The van der Waals surface area contributed by atoms with Crippen LogP contribution in [-0.2, 0) is 19.1 Å². The van der Waals surface area contributed by atoms with E-state index in [2.05, 4.69) is 9.73 Å². The van der Waals surface area contributed by atoms with Crippen LogP contribution in [0.5, 0.6) is 0 Å². The van der Waals surface area contributed by atoms with E-state index in [1.807, 2.05) is 13.8 Å². The molecule has 8 heteroatoms. The fraction of sp³-hybridized carbons (Fsp3) is 0.571. The van der Waals surface area contributed by atoms with Gasteiger partial charge in [0.25, 0.3) is 5.91 Å². The second-order valence-corrected chi connectivity index (χ2v) is 5.13. The molecule has 0 aliphatic heterocycles. The molecule has 7 nitrogen and oxygen atoms in total.